The van der Waals surface area contributed by atoms with Crippen LogP contribution in [-0.2, 0) is 11.0 Å². The molecule has 1 atom stereocenters. The van der Waals surface area contributed by atoms with E-state index < -0.39 is 29.7 Å². The highest BCUT2D eigenvalue weighted by atomic mass is 35.5. The Morgan fingerprint density at radius 3 is 2.68 bits per heavy atom. The first-order chi connectivity index (χ1) is 18.1. The van der Waals surface area contributed by atoms with Gasteiger partial charge in [-0.05, 0) is 54.8 Å². The van der Waals surface area contributed by atoms with E-state index in [1.807, 2.05) is 0 Å². The number of carboxylic acids is 1. The third kappa shape index (κ3) is 5.12. The van der Waals surface area contributed by atoms with Crippen molar-refractivity contribution in [3.05, 3.63) is 77.5 Å². The number of rotatable bonds is 6. The van der Waals surface area contributed by atoms with Gasteiger partial charge in [-0.1, -0.05) is 23.7 Å². The van der Waals surface area contributed by atoms with Crippen molar-refractivity contribution in [2.75, 3.05) is 16.8 Å². The Balaban J connectivity index is 1.58. The molecular weight excluding hydrogens is 528 g/mol. The number of hydrogen-bond acceptors (Lipinski definition) is 6. The quantitative estimate of drug-likeness (QED) is 0.289. The summed E-state index contributed by atoms with van der Waals surface area (Å²) in [5, 5.41) is 16.0. The Morgan fingerprint density at radius 1 is 1.16 bits per heavy atom. The number of benzene rings is 2. The second-order valence-electron chi connectivity index (χ2n) is 8.57. The van der Waals surface area contributed by atoms with Crippen molar-refractivity contribution in [2.24, 2.45) is 0 Å². The van der Waals surface area contributed by atoms with Crippen molar-refractivity contribution in [1.29, 1.82) is 0 Å². The normalized spacial score (nSPS) is 15.6. The predicted octanol–water partition coefficient (Wildman–Crippen LogP) is 5.94. The van der Waals surface area contributed by atoms with Crippen LogP contribution in [-0.4, -0.2) is 43.4 Å². The fourth-order valence-corrected chi connectivity index (χ4v) is 4.47. The molecule has 1 saturated heterocycles. The van der Waals surface area contributed by atoms with Crippen LogP contribution in [0.15, 0.2) is 60.9 Å². The first kappa shape index (κ1) is 25.5. The van der Waals surface area contributed by atoms with Crippen LogP contribution in [0.5, 0.6) is 0 Å². The summed E-state index contributed by atoms with van der Waals surface area (Å²) in [6.07, 6.45) is -0.877. The number of aliphatic carboxylic acids is 1. The van der Waals surface area contributed by atoms with Crippen molar-refractivity contribution in [3.63, 3.8) is 0 Å². The lowest BCUT2D eigenvalue weighted by Gasteiger charge is -2.24. The van der Waals surface area contributed by atoms with E-state index in [2.05, 4.69) is 20.4 Å². The maximum Gasteiger partial charge on any atom is 0.435 e. The number of nitrogens with zero attached hydrogens (tertiary/aromatic N) is 5. The number of halogens is 5. The van der Waals surface area contributed by atoms with E-state index in [1.165, 1.54) is 18.3 Å². The number of anilines is 3. The fourth-order valence-electron chi connectivity index (χ4n) is 4.29. The van der Waals surface area contributed by atoms with Crippen molar-refractivity contribution >= 4 is 34.9 Å². The molecule has 0 aliphatic carbocycles. The van der Waals surface area contributed by atoms with E-state index in [0.717, 1.165) is 29.4 Å². The highest BCUT2D eigenvalue weighted by molar-refractivity contribution is 6.31. The molecule has 2 N–H and O–H groups in total. The first-order valence-electron chi connectivity index (χ1n) is 11.4. The van der Waals surface area contributed by atoms with Crippen LogP contribution in [0.1, 0.15) is 18.5 Å². The van der Waals surface area contributed by atoms with E-state index in [1.54, 1.807) is 29.2 Å². The Morgan fingerprint density at radius 2 is 1.97 bits per heavy atom. The summed E-state index contributed by atoms with van der Waals surface area (Å²) < 4.78 is 54.4. The average molecular weight is 547 g/mol. The molecule has 0 radical (unpaired) electrons. The summed E-state index contributed by atoms with van der Waals surface area (Å²) in [4.78, 5) is 22.1. The summed E-state index contributed by atoms with van der Waals surface area (Å²) >= 11 is 5.84. The van der Waals surface area contributed by atoms with Crippen LogP contribution in [0.2, 0.25) is 5.02 Å². The van der Waals surface area contributed by atoms with Crippen LogP contribution in [0.4, 0.5) is 34.9 Å². The van der Waals surface area contributed by atoms with Crippen LogP contribution in [0.25, 0.3) is 16.9 Å². The topological polar surface area (TPSA) is 96.2 Å². The largest absolute Gasteiger partial charge is 0.480 e. The second-order valence-corrected chi connectivity index (χ2v) is 8.98. The zero-order chi connectivity index (χ0) is 27.0. The number of carbonyl (C=O) groups is 1. The van der Waals surface area contributed by atoms with Gasteiger partial charge in [0.1, 0.15) is 11.9 Å². The minimum absolute atomic E-state index is 0.0112. The van der Waals surface area contributed by atoms with Gasteiger partial charge in [0.25, 0.3) is 0 Å². The molecule has 196 valence electrons. The van der Waals surface area contributed by atoms with Crippen LogP contribution >= 0.6 is 11.6 Å². The summed E-state index contributed by atoms with van der Waals surface area (Å²) in [6.45, 7) is 0.557. The molecule has 13 heteroatoms. The Labute approximate surface area is 218 Å². The van der Waals surface area contributed by atoms with Gasteiger partial charge in [0.05, 0.1) is 5.02 Å². The Kier molecular flexibility index (Phi) is 6.66. The molecule has 1 aliphatic heterocycles. The van der Waals surface area contributed by atoms with Gasteiger partial charge in [0.2, 0.25) is 5.95 Å². The van der Waals surface area contributed by atoms with E-state index >= 15 is 0 Å². The molecule has 0 amide bonds. The van der Waals surface area contributed by atoms with Crippen molar-refractivity contribution in [2.45, 2.75) is 25.1 Å². The zero-order valence-corrected chi connectivity index (χ0v) is 20.2. The molecule has 1 fully saturated rings. The zero-order valence-electron chi connectivity index (χ0n) is 19.5. The Bertz CT molecular complexity index is 1510. The lowest BCUT2D eigenvalue weighted by molar-refractivity contribution is -0.141. The fraction of sp³-hybridized carbons (Fsp3) is 0.200. The highest BCUT2D eigenvalue weighted by Gasteiger charge is 2.34. The average Bonchev–Trinajstić information content (AvgIpc) is 3.57. The molecule has 2 aromatic heterocycles. The Hall–Kier alpha value is -4.19. The summed E-state index contributed by atoms with van der Waals surface area (Å²) in [5.41, 5.74) is 0.823. The van der Waals surface area contributed by atoms with Gasteiger partial charge in [0, 0.05) is 35.9 Å². The van der Waals surface area contributed by atoms with E-state index in [4.69, 9.17) is 11.6 Å². The summed E-state index contributed by atoms with van der Waals surface area (Å²) in [5.74, 6) is -1.49. The summed E-state index contributed by atoms with van der Waals surface area (Å²) in [6, 6.07) is 11.0. The van der Waals surface area contributed by atoms with Gasteiger partial charge in [0.15, 0.2) is 11.5 Å². The van der Waals surface area contributed by atoms with Gasteiger partial charge in [-0.2, -0.15) is 23.3 Å². The number of aromatic nitrogens is 4. The number of hydrogen-bond donors (Lipinski definition) is 2. The molecule has 0 saturated carbocycles. The van der Waals surface area contributed by atoms with Crippen molar-refractivity contribution in [3.8, 4) is 16.9 Å². The first-order valence-corrected chi connectivity index (χ1v) is 11.8. The molecule has 5 rings (SSSR count). The minimum atomic E-state index is -4.66. The SMILES string of the molecule is O=C(O)C1CCCN1c1cccc(-c2cnc(Nc3ccc(F)c(Cl)c3)nc2-n2ccc(C(F)(F)F)n2)c1. The van der Waals surface area contributed by atoms with Gasteiger partial charge >= 0.3 is 12.1 Å². The van der Waals surface area contributed by atoms with Crippen LogP contribution in [0, 0.1) is 5.82 Å². The third-order valence-corrected chi connectivity index (χ3v) is 6.36. The number of alkyl halides is 3. The van der Waals surface area contributed by atoms with Gasteiger partial charge in [-0.3, -0.25) is 0 Å². The maximum absolute atomic E-state index is 13.5. The number of nitrogens with one attached hydrogen (secondary N) is 1. The lowest BCUT2D eigenvalue weighted by Crippen LogP contribution is -2.35. The predicted molar refractivity (Wildman–Crippen MR) is 132 cm³/mol. The highest BCUT2D eigenvalue weighted by Crippen LogP contribution is 2.34. The molecule has 1 unspecified atom stereocenters. The minimum Gasteiger partial charge on any atom is -0.480 e. The van der Waals surface area contributed by atoms with Gasteiger partial charge < -0.3 is 15.3 Å². The van der Waals surface area contributed by atoms with Crippen LogP contribution in [0.3, 0.4) is 0 Å². The van der Waals surface area contributed by atoms with E-state index in [-0.39, 0.29) is 16.8 Å². The maximum atomic E-state index is 13.5. The van der Waals surface area contributed by atoms with Gasteiger partial charge in [-0.25, -0.2) is 18.9 Å². The molecule has 4 aromatic rings. The molecule has 38 heavy (non-hydrogen) atoms. The smallest absolute Gasteiger partial charge is 0.435 e. The van der Waals surface area contributed by atoms with E-state index in [0.29, 0.717) is 35.5 Å². The summed E-state index contributed by atoms with van der Waals surface area (Å²) in [7, 11) is 0. The second kappa shape index (κ2) is 9.93. The molecule has 2 aromatic carbocycles. The van der Waals surface area contributed by atoms with Crippen molar-refractivity contribution < 1.29 is 27.5 Å². The number of carboxylic acid groups (broad SMARTS) is 1. The molecule has 1 aliphatic rings. The van der Waals surface area contributed by atoms with Gasteiger partial charge in [-0.15, -0.1) is 0 Å². The molecule has 0 spiro atoms. The third-order valence-electron chi connectivity index (χ3n) is 6.07. The molecular formula is C25H19ClF4N6O2. The molecule has 3 heterocycles. The molecule has 8 nitrogen and oxygen atoms in total. The molecule has 0 bridgehead atoms. The standard InChI is InChI=1S/C25H19ClF4N6O2/c26-18-12-15(6-7-19(18)27)32-24-31-13-17(22(33-24)36-10-8-21(34-36)25(28,29)30)14-3-1-4-16(11-14)35-9-2-5-20(35)23(37)38/h1,3-4,6-8,10-13,20H,2,5,9H2,(H,37,38)(H,31,32,33). The lowest BCUT2D eigenvalue weighted by atomic mass is 10.1. The van der Waals surface area contributed by atoms with Crippen molar-refractivity contribution in [1.82, 2.24) is 19.7 Å². The monoisotopic (exact) mass is 546 g/mol. The van der Waals surface area contributed by atoms with Crippen LogP contribution < -0.4 is 10.2 Å². The van der Waals surface area contributed by atoms with E-state index in [9.17, 15) is 27.5 Å².